The van der Waals surface area contributed by atoms with Crippen LogP contribution in [0, 0.1) is 6.92 Å². The van der Waals surface area contributed by atoms with E-state index >= 15 is 0 Å². The first kappa shape index (κ1) is 20.8. The van der Waals surface area contributed by atoms with Crippen LogP contribution < -0.4 is 5.32 Å². The molecule has 2 amide bonds. The van der Waals surface area contributed by atoms with E-state index < -0.39 is 0 Å². The average molecular weight is 431 g/mol. The summed E-state index contributed by atoms with van der Waals surface area (Å²) in [5.41, 5.74) is 1.95. The van der Waals surface area contributed by atoms with E-state index in [2.05, 4.69) is 5.32 Å². The summed E-state index contributed by atoms with van der Waals surface area (Å²) in [6, 6.07) is 11.7. The lowest BCUT2D eigenvalue weighted by atomic mass is 10.1. The SMILES string of the molecule is Cc1cccc(NC(=O)CCCCCN2C(=O)C(=Cc3cccs3)SC2=S)c1. The van der Waals surface area contributed by atoms with E-state index in [1.807, 2.05) is 54.8 Å². The molecule has 0 saturated carbocycles. The zero-order valence-electron chi connectivity index (χ0n) is 15.6. The molecule has 1 aromatic carbocycles. The zero-order chi connectivity index (χ0) is 19.9. The van der Waals surface area contributed by atoms with Gasteiger partial charge in [0.15, 0.2) is 0 Å². The van der Waals surface area contributed by atoms with Gasteiger partial charge in [0.2, 0.25) is 5.91 Å². The zero-order valence-corrected chi connectivity index (χ0v) is 18.1. The van der Waals surface area contributed by atoms with Crippen molar-refractivity contribution in [2.24, 2.45) is 0 Å². The van der Waals surface area contributed by atoms with Crippen LogP contribution in [-0.2, 0) is 9.59 Å². The van der Waals surface area contributed by atoms with Crippen LogP contribution in [0.1, 0.15) is 36.1 Å². The van der Waals surface area contributed by atoms with E-state index in [9.17, 15) is 9.59 Å². The van der Waals surface area contributed by atoms with Crippen molar-refractivity contribution in [1.29, 1.82) is 0 Å². The van der Waals surface area contributed by atoms with Crippen LogP contribution in [0.2, 0.25) is 0 Å². The lowest BCUT2D eigenvalue weighted by molar-refractivity contribution is -0.122. The van der Waals surface area contributed by atoms with E-state index in [1.165, 1.54) is 11.8 Å². The average Bonchev–Trinajstić information content (AvgIpc) is 3.25. The molecule has 0 unspecified atom stereocenters. The number of nitrogens with one attached hydrogen (secondary N) is 1. The van der Waals surface area contributed by atoms with Gasteiger partial charge in [-0.05, 0) is 55.0 Å². The van der Waals surface area contributed by atoms with Crippen molar-refractivity contribution in [3.63, 3.8) is 0 Å². The number of thioether (sulfide) groups is 1. The Labute approximate surface area is 179 Å². The topological polar surface area (TPSA) is 49.4 Å². The van der Waals surface area contributed by atoms with E-state index in [0.29, 0.717) is 22.2 Å². The molecule has 4 nitrogen and oxygen atoms in total. The molecule has 0 aliphatic carbocycles. The third-order valence-corrected chi connectivity index (χ3v) is 6.47. The Balaban J connectivity index is 1.38. The number of thiophene rings is 1. The van der Waals surface area contributed by atoms with E-state index in [4.69, 9.17) is 12.2 Å². The number of carbonyl (C=O) groups is 2. The van der Waals surface area contributed by atoms with Gasteiger partial charge >= 0.3 is 0 Å². The minimum Gasteiger partial charge on any atom is -0.326 e. The predicted octanol–water partition coefficient (Wildman–Crippen LogP) is 5.46. The second-order valence-electron chi connectivity index (χ2n) is 6.58. The Morgan fingerprint density at radius 3 is 2.82 bits per heavy atom. The van der Waals surface area contributed by atoms with Crippen LogP contribution in [0.5, 0.6) is 0 Å². The van der Waals surface area contributed by atoms with Gasteiger partial charge in [-0.25, -0.2) is 0 Å². The van der Waals surface area contributed by atoms with Crippen molar-refractivity contribution in [3.8, 4) is 0 Å². The quantitative estimate of drug-likeness (QED) is 0.343. The summed E-state index contributed by atoms with van der Waals surface area (Å²) in [7, 11) is 0. The lowest BCUT2D eigenvalue weighted by Gasteiger charge is -2.14. The van der Waals surface area contributed by atoms with Crippen molar-refractivity contribution >= 4 is 63.2 Å². The molecule has 1 aliphatic rings. The first-order valence-electron chi connectivity index (χ1n) is 9.18. The molecular formula is C21H22N2O2S3. The second kappa shape index (κ2) is 10.0. The van der Waals surface area contributed by atoms with Gasteiger partial charge in [0, 0.05) is 23.5 Å². The highest BCUT2D eigenvalue weighted by Crippen LogP contribution is 2.33. The normalized spacial score (nSPS) is 15.5. The maximum Gasteiger partial charge on any atom is 0.266 e. The molecule has 1 N–H and O–H groups in total. The maximum atomic E-state index is 12.5. The summed E-state index contributed by atoms with van der Waals surface area (Å²) in [6.45, 7) is 2.60. The monoisotopic (exact) mass is 430 g/mol. The van der Waals surface area contributed by atoms with Gasteiger partial charge < -0.3 is 5.32 Å². The Bertz CT molecular complexity index is 891. The van der Waals surface area contributed by atoms with Crippen molar-refractivity contribution < 1.29 is 9.59 Å². The van der Waals surface area contributed by atoms with E-state index in [0.717, 1.165) is 35.4 Å². The highest BCUT2D eigenvalue weighted by molar-refractivity contribution is 8.26. The Morgan fingerprint density at radius 1 is 1.21 bits per heavy atom. The number of rotatable bonds is 8. The summed E-state index contributed by atoms with van der Waals surface area (Å²) in [6.07, 6.45) is 4.88. The van der Waals surface area contributed by atoms with Crippen molar-refractivity contribution in [1.82, 2.24) is 4.90 Å². The van der Waals surface area contributed by atoms with Gasteiger partial charge in [0.05, 0.1) is 4.91 Å². The van der Waals surface area contributed by atoms with E-state index in [-0.39, 0.29) is 11.8 Å². The largest absolute Gasteiger partial charge is 0.326 e. The van der Waals surface area contributed by atoms with Gasteiger partial charge in [0.25, 0.3) is 5.91 Å². The van der Waals surface area contributed by atoms with Crippen molar-refractivity contribution in [2.75, 3.05) is 11.9 Å². The number of benzene rings is 1. The van der Waals surface area contributed by atoms with Gasteiger partial charge in [0.1, 0.15) is 4.32 Å². The third kappa shape index (κ3) is 5.77. The minimum atomic E-state index is -0.0133. The van der Waals surface area contributed by atoms with Crippen molar-refractivity contribution in [3.05, 3.63) is 57.1 Å². The van der Waals surface area contributed by atoms with Gasteiger partial charge in [-0.15, -0.1) is 11.3 Å². The summed E-state index contributed by atoms with van der Waals surface area (Å²) in [5, 5.41) is 4.91. The molecule has 1 fully saturated rings. The molecule has 0 atom stereocenters. The van der Waals surface area contributed by atoms with Crippen LogP contribution in [0.15, 0.2) is 46.7 Å². The number of thiocarbonyl (C=S) groups is 1. The number of anilines is 1. The number of amides is 2. The molecule has 2 heterocycles. The molecule has 0 radical (unpaired) electrons. The molecule has 1 aromatic heterocycles. The van der Waals surface area contributed by atoms with Crippen molar-refractivity contribution in [2.45, 2.75) is 32.6 Å². The van der Waals surface area contributed by atoms with E-state index in [1.54, 1.807) is 16.2 Å². The molecule has 0 bridgehead atoms. The number of carbonyl (C=O) groups excluding carboxylic acids is 2. The molecule has 2 aromatic rings. The van der Waals surface area contributed by atoms with Crippen LogP contribution in [0.3, 0.4) is 0 Å². The standard InChI is InChI=1S/C21H22N2O2S3/c1-15-7-5-8-16(13-15)22-19(24)10-3-2-4-11-23-20(25)18(28-21(23)26)14-17-9-6-12-27-17/h5-9,12-14H,2-4,10-11H2,1H3,(H,22,24). The lowest BCUT2D eigenvalue weighted by Crippen LogP contribution is -2.29. The number of nitrogens with zero attached hydrogens (tertiary/aromatic N) is 1. The molecule has 7 heteroatoms. The highest BCUT2D eigenvalue weighted by atomic mass is 32.2. The molecule has 3 rings (SSSR count). The summed E-state index contributed by atoms with van der Waals surface area (Å²) in [5.74, 6) is 0.00989. The second-order valence-corrected chi connectivity index (χ2v) is 9.23. The Morgan fingerprint density at radius 2 is 2.07 bits per heavy atom. The number of hydrogen-bond acceptors (Lipinski definition) is 5. The summed E-state index contributed by atoms with van der Waals surface area (Å²) in [4.78, 5) is 28.0. The fraction of sp³-hybridized carbons (Fsp3) is 0.286. The van der Waals surface area contributed by atoms with Crippen LogP contribution >= 0.6 is 35.3 Å². The fourth-order valence-electron chi connectivity index (χ4n) is 2.87. The highest BCUT2D eigenvalue weighted by Gasteiger charge is 2.31. The number of hydrogen-bond donors (Lipinski definition) is 1. The molecule has 0 spiro atoms. The minimum absolute atomic E-state index is 0.0133. The van der Waals surface area contributed by atoms with Crippen LogP contribution in [0.25, 0.3) is 6.08 Å². The predicted molar refractivity (Wildman–Crippen MR) is 122 cm³/mol. The van der Waals surface area contributed by atoms with Crippen LogP contribution in [-0.4, -0.2) is 27.6 Å². The molecule has 1 saturated heterocycles. The molecule has 28 heavy (non-hydrogen) atoms. The van der Waals surface area contributed by atoms with Gasteiger partial charge in [-0.3, -0.25) is 14.5 Å². The van der Waals surface area contributed by atoms with Gasteiger partial charge in [-0.2, -0.15) is 0 Å². The summed E-state index contributed by atoms with van der Waals surface area (Å²) >= 11 is 8.32. The smallest absolute Gasteiger partial charge is 0.266 e. The third-order valence-electron chi connectivity index (χ3n) is 4.28. The number of unbranched alkanes of at least 4 members (excludes halogenated alkanes) is 2. The van der Waals surface area contributed by atoms with Gasteiger partial charge in [-0.1, -0.05) is 48.6 Å². The Hall–Kier alpha value is -1.96. The molecule has 1 aliphatic heterocycles. The summed E-state index contributed by atoms with van der Waals surface area (Å²) < 4.78 is 0.616. The first-order chi connectivity index (χ1) is 13.5. The fourth-order valence-corrected chi connectivity index (χ4v) is 4.91. The van der Waals surface area contributed by atoms with Crippen LogP contribution in [0.4, 0.5) is 5.69 Å². The number of aryl methyl sites for hydroxylation is 1. The molecule has 146 valence electrons. The molecular weight excluding hydrogens is 408 g/mol. The Kier molecular flexibility index (Phi) is 7.42. The first-order valence-corrected chi connectivity index (χ1v) is 11.3. The maximum absolute atomic E-state index is 12.5.